The number of benzene rings is 3. The van der Waals surface area contributed by atoms with Crippen molar-refractivity contribution in [2.75, 3.05) is 31.5 Å². The number of carbonyl (C=O) groups excluding carboxylic acids is 2. The standard InChI is InChI=1S/C27H26N2O5/c1-16-9-10-18(11-17(16)2)24-25(28-19-12-22(33-4)15-23(13-19)34-5)27(31)29(26(24)30)20-7-6-8-21(14-20)32-3/h6-15,28H,1-5H3. The largest absolute Gasteiger partial charge is 0.497 e. The van der Waals surface area contributed by atoms with Crippen LogP contribution in [-0.2, 0) is 9.59 Å². The van der Waals surface area contributed by atoms with Crippen molar-refractivity contribution in [3.63, 3.8) is 0 Å². The molecule has 7 heteroatoms. The zero-order valence-electron chi connectivity index (χ0n) is 19.8. The number of carbonyl (C=O) groups is 2. The molecule has 7 nitrogen and oxygen atoms in total. The van der Waals surface area contributed by atoms with Crippen molar-refractivity contribution in [3.8, 4) is 17.2 Å². The normalized spacial score (nSPS) is 13.4. The lowest BCUT2D eigenvalue weighted by molar-refractivity contribution is -0.120. The Labute approximate surface area is 198 Å². The fourth-order valence-corrected chi connectivity index (χ4v) is 3.82. The SMILES string of the molecule is COc1cc(NC2=C(c3ccc(C)c(C)c3)C(=O)N(c3cccc(OC)c3)C2=O)cc(OC)c1. The molecule has 0 bridgehead atoms. The zero-order valence-corrected chi connectivity index (χ0v) is 19.8. The lowest BCUT2D eigenvalue weighted by Crippen LogP contribution is -2.32. The summed E-state index contributed by atoms with van der Waals surface area (Å²) in [4.78, 5) is 28.5. The third-order valence-electron chi connectivity index (χ3n) is 5.81. The molecule has 0 aromatic heterocycles. The summed E-state index contributed by atoms with van der Waals surface area (Å²) in [5, 5.41) is 3.16. The van der Waals surface area contributed by atoms with E-state index in [0.29, 0.717) is 34.2 Å². The maximum atomic E-state index is 13.7. The second kappa shape index (κ2) is 9.31. The molecule has 0 atom stereocenters. The Balaban J connectivity index is 1.85. The first-order valence-electron chi connectivity index (χ1n) is 10.7. The second-order valence-corrected chi connectivity index (χ2v) is 7.92. The number of aryl methyl sites for hydroxylation is 2. The van der Waals surface area contributed by atoms with Crippen molar-refractivity contribution in [1.29, 1.82) is 0 Å². The number of imide groups is 1. The first-order valence-corrected chi connectivity index (χ1v) is 10.7. The minimum atomic E-state index is -0.465. The average molecular weight is 459 g/mol. The van der Waals surface area contributed by atoms with Crippen LogP contribution in [0.15, 0.2) is 66.4 Å². The van der Waals surface area contributed by atoms with Gasteiger partial charge in [-0.15, -0.1) is 0 Å². The van der Waals surface area contributed by atoms with Crippen LogP contribution in [0.25, 0.3) is 5.57 Å². The molecule has 34 heavy (non-hydrogen) atoms. The summed E-state index contributed by atoms with van der Waals surface area (Å²) in [5.41, 5.74) is 4.22. The lowest BCUT2D eigenvalue weighted by atomic mass is 9.99. The van der Waals surface area contributed by atoms with Gasteiger partial charge in [-0.3, -0.25) is 9.59 Å². The van der Waals surface area contributed by atoms with Crippen LogP contribution < -0.4 is 24.4 Å². The van der Waals surface area contributed by atoms with Crippen molar-refractivity contribution >= 4 is 28.8 Å². The van der Waals surface area contributed by atoms with Crippen LogP contribution in [-0.4, -0.2) is 33.1 Å². The monoisotopic (exact) mass is 458 g/mol. The smallest absolute Gasteiger partial charge is 0.282 e. The fraction of sp³-hybridized carbons (Fsp3) is 0.185. The van der Waals surface area contributed by atoms with Gasteiger partial charge in [-0.1, -0.05) is 24.3 Å². The van der Waals surface area contributed by atoms with Gasteiger partial charge in [0, 0.05) is 30.0 Å². The Hall–Kier alpha value is -4.26. The van der Waals surface area contributed by atoms with E-state index < -0.39 is 11.8 Å². The number of hydrogen-bond acceptors (Lipinski definition) is 6. The summed E-state index contributed by atoms with van der Waals surface area (Å²) in [6.45, 7) is 3.97. The van der Waals surface area contributed by atoms with Gasteiger partial charge in [-0.25, -0.2) is 4.90 Å². The van der Waals surface area contributed by atoms with E-state index in [4.69, 9.17) is 14.2 Å². The number of amides is 2. The molecule has 174 valence electrons. The van der Waals surface area contributed by atoms with Crippen LogP contribution in [0.3, 0.4) is 0 Å². The third kappa shape index (κ3) is 4.20. The van der Waals surface area contributed by atoms with Crippen LogP contribution >= 0.6 is 0 Å². The van der Waals surface area contributed by atoms with Gasteiger partial charge in [0.15, 0.2) is 0 Å². The first kappa shape index (κ1) is 22.9. The molecule has 1 aliphatic heterocycles. The van der Waals surface area contributed by atoms with Crippen LogP contribution in [0.5, 0.6) is 17.2 Å². The molecule has 0 fully saturated rings. The quantitative estimate of drug-likeness (QED) is 0.516. The van der Waals surface area contributed by atoms with E-state index in [-0.39, 0.29) is 11.3 Å². The molecule has 0 radical (unpaired) electrons. The number of hydrogen-bond donors (Lipinski definition) is 1. The predicted molar refractivity (Wildman–Crippen MR) is 131 cm³/mol. The summed E-state index contributed by atoms with van der Waals surface area (Å²) < 4.78 is 16.0. The first-order chi connectivity index (χ1) is 16.4. The molecule has 3 aromatic carbocycles. The number of nitrogens with zero attached hydrogens (tertiary/aromatic N) is 1. The Morgan fingerprint density at radius 3 is 2.00 bits per heavy atom. The van der Waals surface area contributed by atoms with Gasteiger partial charge in [0.25, 0.3) is 11.8 Å². The number of rotatable bonds is 7. The molecule has 1 N–H and O–H groups in total. The van der Waals surface area contributed by atoms with Crippen molar-refractivity contribution in [2.45, 2.75) is 13.8 Å². The van der Waals surface area contributed by atoms with Crippen LogP contribution in [0.1, 0.15) is 16.7 Å². The van der Waals surface area contributed by atoms with Crippen molar-refractivity contribution in [1.82, 2.24) is 0 Å². The van der Waals surface area contributed by atoms with Crippen molar-refractivity contribution < 1.29 is 23.8 Å². The van der Waals surface area contributed by atoms with Gasteiger partial charge in [-0.05, 0) is 42.7 Å². The highest BCUT2D eigenvalue weighted by atomic mass is 16.5. The maximum absolute atomic E-state index is 13.7. The zero-order chi connectivity index (χ0) is 24.4. The average Bonchev–Trinajstić information content (AvgIpc) is 3.09. The van der Waals surface area contributed by atoms with E-state index in [9.17, 15) is 9.59 Å². The van der Waals surface area contributed by atoms with Gasteiger partial charge < -0.3 is 19.5 Å². The Bertz CT molecular complexity index is 1290. The van der Waals surface area contributed by atoms with E-state index >= 15 is 0 Å². The summed E-state index contributed by atoms with van der Waals surface area (Å²) in [7, 11) is 4.63. The van der Waals surface area contributed by atoms with Gasteiger partial charge in [0.1, 0.15) is 22.9 Å². The molecule has 0 saturated heterocycles. The number of methoxy groups -OCH3 is 3. The van der Waals surface area contributed by atoms with E-state index in [0.717, 1.165) is 16.0 Å². The van der Waals surface area contributed by atoms with E-state index in [2.05, 4.69) is 5.32 Å². The molecule has 0 spiro atoms. The van der Waals surface area contributed by atoms with Gasteiger partial charge in [0.2, 0.25) is 0 Å². The minimum Gasteiger partial charge on any atom is -0.497 e. The van der Waals surface area contributed by atoms with Crippen molar-refractivity contribution in [3.05, 3.63) is 83.1 Å². The van der Waals surface area contributed by atoms with Crippen LogP contribution in [0, 0.1) is 13.8 Å². The Kier molecular flexibility index (Phi) is 6.27. The molecule has 2 amide bonds. The molecule has 1 heterocycles. The summed E-state index contributed by atoms with van der Waals surface area (Å²) in [6.07, 6.45) is 0. The highest BCUT2D eigenvalue weighted by Gasteiger charge is 2.40. The van der Waals surface area contributed by atoms with Crippen LogP contribution in [0.2, 0.25) is 0 Å². The molecule has 3 aromatic rings. The highest BCUT2D eigenvalue weighted by molar-refractivity contribution is 6.46. The topological polar surface area (TPSA) is 77.1 Å². The molecule has 0 unspecified atom stereocenters. The maximum Gasteiger partial charge on any atom is 0.282 e. The number of nitrogens with one attached hydrogen (secondary N) is 1. The summed E-state index contributed by atoms with van der Waals surface area (Å²) >= 11 is 0. The second-order valence-electron chi connectivity index (χ2n) is 7.92. The van der Waals surface area contributed by atoms with Gasteiger partial charge in [0.05, 0.1) is 32.6 Å². The Morgan fingerprint density at radius 2 is 1.38 bits per heavy atom. The lowest BCUT2D eigenvalue weighted by Gasteiger charge is -2.16. The molecule has 0 saturated carbocycles. The highest BCUT2D eigenvalue weighted by Crippen LogP contribution is 2.36. The Morgan fingerprint density at radius 1 is 0.706 bits per heavy atom. The summed E-state index contributed by atoms with van der Waals surface area (Å²) in [5.74, 6) is 0.769. The molecule has 1 aliphatic rings. The van der Waals surface area contributed by atoms with E-state index in [1.54, 1.807) is 56.7 Å². The van der Waals surface area contributed by atoms with Crippen LogP contribution in [0.4, 0.5) is 11.4 Å². The summed E-state index contributed by atoms with van der Waals surface area (Å²) in [6, 6.07) is 17.8. The number of ether oxygens (including phenoxy) is 3. The van der Waals surface area contributed by atoms with E-state index in [1.165, 1.54) is 7.11 Å². The molecule has 0 aliphatic carbocycles. The van der Waals surface area contributed by atoms with Crippen molar-refractivity contribution in [2.24, 2.45) is 0 Å². The minimum absolute atomic E-state index is 0.173. The molecular weight excluding hydrogens is 432 g/mol. The van der Waals surface area contributed by atoms with Gasteiger partial charge >= 0.3 is 0 Å². The number of anilines is 2. The third-order valence-corrected chi connectivity index (χ3v) is 5.81. The van der Waals surface area contributed by atoms with Gasteiger partial charge in [-0.2, -0.15) is 0 Å². The molecule has 4 rings (SSSR count). The molecular formula is C27H26N2O5. The predicted octanol–water partition coefficient (Wildman–Crippen LogP) is 4.73. The van der Waals surface area contributed by atoms with E-state index in [1.807, 2.05) is 32.0 Å². The fourth-order valence-electron chi connectivity index (χ4n) is 3.82.